The van der Waals surface area contributed by atoms with Crippen molar-refractivity contribution in [2.24, 2.45) is 5.41 Å². The quantitative estimate of drug-likeness (QED) is 0.410. The van der Waals surface area contributed by atoms with Crippen LogP contribution in [0.5, 0.6) is 11.5 Å². The first-order chi connectivity index (χ1) is 16.3. The van der Waals surface area contributed by atoms with Gasteiger partial charge >= 0.3 is 0 Å². The van der Waals surface area contributed by atoms with Crippen molar-refractivity contribution in [3.8, 4) is 11.5 Å². The maximum absolute atomic E-state index is 6.19. The van der Waals surface area contributed by atoms with Crippen LogP contribution in [0, 0.1) is 5.41 Å². The fourth-order valence-corrected chi connectivity index (χ4v) is 5.02. The van der Waals surface area contributed by atoms with E-state index in [-0.39, 0.29) is 12.2 Å². The van der Waals surface area contributed by atoms with E-state index < -0.39 is 0 Å². The molecule has 8 nitrogen and oxygen atoms in total. The van der Waals surface area contributed by atoms with Crippen molar-refractivity contribution >= 4 is 28.6 Å². The second-order valence-corrected chi connectivity index (χ2v) is 10.7. The second-order valence-electron chi connectivity index (χ2n) is 9.72. The summed E-state index contributed by atoms with van der Waals surface area (Å²) in [5.41, 5.74) is 9.37. The lowest BCUT2D eigenvalue weighted by atomic mass is 9.97. The van der Waals surface area contributed by atoms with Crippen molar-refractivity contribution in [1.29, 1.82) is 0 Å². The zero-order chi connectivity index (χ0) is 24.3. The molecule has 3 N–H and O–H groups in total. The Morgan fingerprint density at radius 2 is 1.91 bits per heavy atom. The maximum atomic E-state index is 6.19. The largest absolute Gasteiger partial charge is 0.454 e. The summed E-state index contributed by atoms with van der Waals surface area (Å²) in [6.07, 6.45) is 1.75. The lowest BCUT2D eigenvalue weighted by molar-refractivity contribution is 0.174. The molecule has 0 fully saturated rings. The predicted octanol–water partition coefficient (Wildman–Crippen LogP) is 4.37. The van der Waals surface area contributed by atoms with E-state index in [1.165, 1.54) is 5.56 Å². The van der Waals surface area contributed by atoms with Gasteiger partial charge in [-0.1, -0.05) is 46.4 Å². The second kappa shape index (κ2) is 10.4. The molecule has 0 aliphatic carbocycles. The molecule has 0 bridgehead atoms. The zero-order valence-corrected chi connectivity index (χ0v) is 21.7. The Morgan fingerprint density at radius 1 is 1.18 bits per heavy atom. The molecule has 4 rings (SSSR count). The van der Waals surface area contributed by atoms with E-state index in [0.717, 1.165) is 71.9 Å². The van der Waals surface area contributed by atoms with E-state index in [4.69, 9.17) is 20.2 Å². The van der Waals surface area contributed by atoms with Crippen molar-refractivity contribution in [2.45, 2.75) is 57.8 Å². The summed E-state index contributed by atoms with van der Waals surface area (Å²) in [6.45, 7) is 16.7. The Hall–Kier alpha value is -2.49. The highest BCUT2D eigenvalue weighted by atomic mass is 32.2. The minimum absolute atomic E-state index is 0.231. The highest BCUT2D eigenvalue weighted by Gasteiger charge is 2.22. The third-order valence-electron chi connectivity index (χ3n) is 5.87. The van der Waals surface area contributed by atoms with Crippen LogP contribution in [0.1, 0.15) is 40.2 Å². The molecule has 0 saturated heterocycles. The summed E-state index contributed by atoms with van der Waals surface area (Å²) in [4.78, 5) is 12.7. The van der Waals surface area contributed by atoms with Crippen molar-refractivity contribution in [3.63, 3.8) is 0 Å². The smallest absolute Gasteiger partial charge is 0.231 e. The third kappa shape index (κ3) is 5.59. The van der Waals surface area contributed by atoms with E-state index in [1.807, 2.05) is 6.07 Å². The normalized spacial score (nSPS) is 13.4. The summed E-state index contributed by atoms with van der Waals surface area (Å²) in [5.74, 6) is 2.04. The van der Waals surface area contributed by atoms with Gasteiger partial charge in [0.15, 0.2) is 22.5 Å². The van der Waals surface area contributed by atoms with E-state index in [9.17, 15) is 0 Å². The summed E-state index contributed by atoms with van der Waals surface area (Å²) in [5, 5.41) is 4.47. The Kier molecular flexibility index (Phi) is 7.54. The van der Waals surface area contributed by atoms with E-state index in [1.54, 1.807) is 18.0 Å². The number of benzene rings is 1. The number of nitrogens with zero attached hydrogens (tertiary/aromatic N) is 4. The molecule has 0 saturated carbocycles. The summed E-state index contributed by atoms with van der Waals surface area (Å²) in [6, 6.07) is 6.18. The van der Waals surface area contributed by atoms with Gasteiger partial charge in [-0.3, -0.25) is 4.90 Å². The van der Waals surface area contributed by atoms with Crippen molar-refractivity contribution in [2.75, 3.05) is 38.7 Å². The van der Waals surface area contributed by atoms with Gasteiger partial charge < -0.3 is 25.1 Å². The number of imidazole rings is 1. The molecular weight excluding hydrogens is 448 g/mol. The Labute approximate surface area is 206 Å². The van der Waals surface area contributed by atoms with Gasteiger partial charge in [-0.25, -0.2) is 9.97 Å². The Morgan fingerprint density at radius 3 is 2.62 bits per heavy atom. The monoisotopic (exact) mass is 484 g/mol. The first-order valence-electron chi connectivity index (χ1n) is 11.9. The van der Waals surface area contributed by atoms with Gasteiger partial charge in [0.25, 0.3) is 0 Å². The number of ether oxygens (including phenoxy) is 2. The number of aromatic nitrogens is 3. The predicted molar refractivity (Wildman–Crippen MR) is 138 cm³/mol. The average Bonchev–Trinajstić information content (AvgIpc) is 3.39. The molecule has 1 aliphatic rings. The number of fused-ring (bicyclic) bond motifs is 2. The molecule has 0 spiro atoms. The SMILES string of the molecule is CCN(CC)Cc1cc2c(cc1Sc1nc3c(N)nccc3n1CCNCC(C)(C)C)OCO2. The molecule has 1 aliphatic heterocycles. The summed E-state index contributed by atoms with van der Waals surface area (Å²) < 4.78 is 13.6. The van der Waals surface area contributed by atoms with Crippen LogP contribution in [0.2, 0.25) is 0 Å². The number of rotatable bonds is 10. The molecule has 2 aromatic heterocycles. The zero-order valence-electron chi connectivity index (χ0n) is 20.9. The number of nitrogens with one attached hydrogen (secondary N) is 1. The lowest BCUT2D eigenvalue weighted by Crippen LogP contribution is -2.29. The third-order valence-corrected chi connectivity index (χ3v) is 6.97. The van der Waals surface area contributed by atoms with Crippen molar-refractivity contribution < 1.29 is 9.47 Å². The number of anilines is 1. The van der Waals surface area contributed by atoms with E-state index >= 15 is 0 Å². The van der Waals surface area contributed by atoms with Gasteiger partial charge in [-0.15, -0.1) is 0 Å². The number of pyridine rings is 1. The average molecular weight is 485 g/mol. The van der Waals surface area contributed by atoms with Gasteiger partial charge in [0.1, 0.15) is 5.52 Å². The minimum atomic E-state index is 0.231. The molecule has 0 amide bonds. The fraction of sp³-hybridized carbons (Fsp3) is 0.520. The first-order valence-corrected chi connectivity index (χ1v) is 12.7. The Balaban J connectivity index is 1.68. The maximum Gasteiger partial charge on any atom is 0.231 e. The minimum Gasteiger partial charge on any atom is -0.454 e. The lowest BCUT2D eigenvalue weighted by Gasteiger charge is -2.21. The molecular formula is C25H36N6O2S. The van der Waals surface area contributed by atoms with Crippen molar-refractivity contribution in [1.82, 2.24) is 24.8 Å². The molecule has 3 heterocycles. The molecule has 34 heavy (non-hydrogen) atoms. The van der Waals surface area contributed by atoms with Crippen LogP contribution in [0.3, 0.4) is 0 Å². The first kappa shape index (κ1) is 24.6. The summed E-state index contributed by atoms with van der Waals surface area (Å²) in [7, 11) is 0. The number of nitrogen functional groups attached to an aromatic ring is 1. The van der Waals surface area contributed by atoms with Crippen LogP contribution in [0.15, 0.2) is 34.4 Å². The van der Waals surface area contributed by atoms with Crippen LogP contribution >= 0.6 is 11.8 Å². The molecule has 3 aromatic rings. The van der Waals surface area contributed by atoms with Crippen molar-refractivity contribution in [3.05, 3.63) is 30.0 Å². The van der Waals surface area contributed by atoms with Gasteiger partial charge in [0.2, 0.25) is 6.79 Å². The van der Waals surface area contributed by atoms with Gasteiger partial charge in [-0.05, 0) is 42.3 Å². The summed E-state index contributed by atoms with van der Waals surface area (Å²) >= 11 is 1.65. The molecule has 0 atom stereocenters. The molecule has 0 radical (unpaired) electrons. The van der Waals surface area contributed by atoms with Crippen LogP contribution in [-0.2, 0) is 13.1 Å². The van der Waals surface area contributed by atoms with E-state index in [2.05, 4.69) is 66.5 Å². The van der Waals surface area contributed by atoms with Gasteiger partial charge in [0, 0.05) is 37.3 Å². The highest BCUT2D eigenvalue weighted by Crippen LogP contribution is 2.41. The highest BCUT2D eigenvalue weighted by molar-refractivity contribution is 7.99. The standard InChI is InChI=1S/C25H36N6O2S/c1-6-30(7-2)14-17-12-19-20(33-16-32-19)13-21(17)34-24-29-22-18(8-9-28-23(22)26)31(24)11-10-27-15-25(3,4)5/h8-9,12-13,27H,6-7,10-11,14-16H2,1-5H3,(H2,26,28). The number of hydrogen-bond donors (Lipinski definition) is 2. The number of hydrogen-bond acceptors (Lipinski definition) is 8. The van der Waals surface area contributed by atoms with Gasteiger partial charge in [0.05, 0.1) is 5.52 Å². The molecule has 0 unspecified atom stereocenters. The van der Waals surface area contributed by atoms with Crippen LogP contribution in [-0.4, -0.2) is 52.4 Å². The fourth-order valence-electron chi connectivity index (χ4n) is 3.97. The molecule has 1 aromatic carbocycles. The van der Waals surface area contributed by atoms with E-state index in [0.29, 0.717) is 5.82 Å². The molecule has 184 valence electrons. The van der Waals surface area contributed by atoms with Crippen LogP contribution in [0.4, 0.5) is 5.82 Å². The van der Waals surface area contributed by atoms with Crippen LogP contribution < -0.4 is 20.5 Å². The topological polar surface area (TPSA) is 90.5 Å². The van der Waals surface area contributed by atoms with Gasteiger partial charge in [-0.2, -0.15) is 0 Å². The Bertz CT molecular complexity index is 1140. The van der Waals surface area contributed by atoms with Crippen LogP contribution in [0.25, 0.3) is 11.0 Å². The molecule has 9 heteroatoms. The number of nitrogens with two attached hydrogens (primary N) is 1.